The zero-order valence-electron chi connectivity index (χ0n) is 46.6. The third-order valence-electron chi connectivity index (χ3n) is 11.7. The van der Waals surface area contributed by atoms with Gasteiger partial charge in [0.2, 0.25) is 0 Å². The standard InChI is InChI=1S/C67H104O6/c1-4-7-10-13-16-19-22-25-28-31-33-36-39-42-45-48-51-54-57-60-66(69)72-63-64(62-71-65(68)59-56-53-50-47-44-41-38-35-30-27-24-21-18-15-12-9-6-3)73-67(70)61-58-55-52-49-46-43-40-37-34-32-29-26-23-20-17-14-11-8-5-2/h7,10,13,16-23,25-28,30-31,33,36,38-39,41-42,45,47,50,64H,4-6,8-9,11-12,14-15,24,29,32,34-35,37,40,43-44,46,48-49,51-63H2,1-3H3/b10-7-,16-13-,20-17-,21-18-,22-19-,26-23-,28-25-,30-27-,33-31+,39-36-,41-38-,45-42-,50-47-. The van der Waals surface area contributed by atoms with Crippen LogP contribution in [0.4, 0.5) is 0 Å². The van der Waals surface area contributed by atoms with Crippen LogP contribution >= 0.6 is 0 Å². The van der Waals surface area contributed by atoms with Crippen molar-refractivity contribution in [2.45, 2.75) is 232 Å². The fraction of sp³-hybridized carbons (Fsp3) is 0.567. The molecular weight excluding hydrogens is 901 g/mol. The van der Waals surface area contributed by atoms with Gasteiger partial charge in [0.05, 0.1) is 0 Å². The molecule has 0 bridgehead atoms. The summed E-state index contributed by atoms with van der Waals surface area (Å²) in [5, 5.41) is 0. The fourth-order valence-electron chi connectivity index (χ4n) is 7.35. The van der Waals surface area contributed by atoms with E-state index in [1.165, 1.54) is 96.3 Å². The zero-order chi connectivity index (χ0) is 52.9. The molecule has 0 rings (SSSR count). The summed E-state index contributed by atoms with van der Waals surface area (Å²) in [6.07, 6.45) is 86.5. The highest BCUT2D eigenvalue weighted by molar-refractivity contribution is 5.71. The van der Waals surface area contributed by atoms with E-state index in [0.29, 0.717) is 19.3 Å². The van der Waals surface area contributed by atoms with Gasteiger partial charge >= 0.3 is 17.9 Å². The van der Waals surface area contributed by atoms with E-state index in [0.717, 1.165) is 77.0 Å². The number of hydrogen-bond donors (Lipinski definition) is 0. The summed E-state index contributed by atoms with van der Waals surface area (Å²) >= 11 is 0. The van der Waals surface area contributed by atoms with Crippen LogP contribution in [0.15, 0.2) is 158 Å². The largest absolute Gasteiger partial charge is 0.462 e. The van der Waals surface area contributed by atoms with Crippen LogP contribution in [0.2, 0.25) is 0 Å². The summed E-state index contributed by atoms with van der Waals surface area (Å²) in [7, 11) is 0. The number of esters is 3. The van der Waals surface area contributed by atoms with Crippen LogP contribution in [0.5, 0.6) is 0 Å². The van der Waals surface area contributed by atoms with Crippen LogP contribution in [-0.2, 0) is 28.6 Å². The molecule has 0 N–H and O–H groups in total. The number of ether oxygens (including phenoxy) is 3. The molecule has 0 heterocycles. The molecule has 0 radical (unpaired) electrons. The van der Waals surface area contributed by atoms with Gasteiger partial charge in [-0.05, 0) is 103 Å². The number of carbonyl (C=O) groups is 3. The second-order valence-corrected chi connectivity index (χ2v) is 18.7. The molecule has 0 aliphatic carbocycles. The van der Waals surface area contributed by atoms with Crippen molar-refractivity contribution in [3.63, 3.8) is 0 Å². The highest BCUT2D eigenvalue weighted by Gasteiger charge is 2.19. The Hall–Kier alpha value is -4.97. The number of rotatable bonds is 50. The van der Waals surface area contributed by atoms with Crippen molar-refractivity contribution in [1.29, 1.82) is 0 Å². The lowest BCUT2D eigenvalue weighted by atomic mass is 10.1. The molecule has 0 aliphatic rings. The van der Waals surface area contributed by atoms with Crippen molar-refractivity contribution in [1.82, 2.24) is 0 Å². The molecule has 0 aliphatic heterocycles. The highest BCUT2D eigenvalue weighted by Crippen LogP contribution is 2.14. The van der Waals surface area contributed by atoms with Crippen LogP contribution in [0, 0.1) is 0 Å². The Morgan fingerprint density at radius 3 is 1.04 bits per heavy atom. The lowest BCUT2D eigenvalue weighted by molar-refractivity contribution is -0.167. The summed E-state index contributed by atoms with van der Waals surface area (Å²) in [6.45, 7) is 6.34. The predicted octanol–water partition coefficient (Wildman–Crippen LogP) is 19.8. The summed E-state index contributed by atoms with van der Waals surface area (Å²) in [5.74, 6) is -1.04. The molecule has 0 aromatic carbocycles. The van der Waals surface area contributed by atoms with E-state index in [2.05, 4.69) is 106 Å². The molecule has 0 spiro atoms. The topological polar surface area (TPSA) is 78.9 Å². The van der Waals surface area contributed by atoms with E-state index in [4.69, 9.17) is 14.2 Å². The van der Waals surface area contributed by atoms with Gasteiger partial charge in [-0.1, -0.05) is 262 Å². The molecule has 0 aromatic heterocycles. The maximum Gasteiger partial charge on any atom is 0.306 e. The quantitative estimate of drug-likeness (QED) is 0.0199. The predicted molar refractivity (Wildman–Crippen MR) is 315 cm³/mol. The van der Waals surface area contributed by atoms with E-state index in [9.17, 15) is 14.4 Å². The van der Waals surface area contributed by atoms with Gasteiger partial charge in [0.15, 0.2) is 6.10 Å². The molecule has 73 heavy (non-hydrogen) atoms. The molecule has 1 atom stereocenters. The lowest BCUT2D eigenvalue weighted by Crippen LogP contribution is -2.30. The van der Waals surface area contributed by atoms with E-state index in [-0.39, 0.29) is 44.0 Å². The molecule has 0 fully saturated rings. The summed E-state index contributed by atoms with van der Waals surface area (Å²) in [6, 6.07) is 0. The lowest BCUT2D eigenvalue weighted by Gasteiger charge is -2.18. The Balaban J connectivity index is 4.60. The van der Waals surface area contributed by atoms with Crippen LogP contribution in [-0.4, -0.2) is 37.2 Å². The average Bonchev–Trinajstić information content (AvgIpc) is 3.39. The first-order chi connectivity index (χ1) is 36.0. The summed E-state index contributed by atoms with van der Waals surface area (Å²) in [4.78, 5) is 38.2. The van der Waals surface area contributed by atoms with Crippen LogP contribution in [0.3, 0.4) is 0 Å². The molecule has 6 nitrogen and oxygen atoms in total. The van der Waals surface area contributed by atoms with Gasteiger partial charge in [-0.3, -0.25) is 14.4 Å². The molecule has 0 aromatic rings. The molecule has 6 heteroatoms. The molecule has 408 valence electrons. The normalized spacial score (nSPS) is 13.3. The van der Waals surface area contributed by atoms with Gasteiger partial charge in [0.25, 0.3) is 0 Å². The fourth-order valence-corrected chi connectivity index (χ4v) is 7.35. The Morgan fingerprint density at radius 2 is 0.603 bits per heavy atom. The summed E-state index contributed by atoms with van der Waals surface area (Å²) in [5.41, 5.74) is 0. The van der Waals surface area contributed by atoms with E-state index in [1.807, 2.05) is 72.9 Å². The van der Waals surface area contributed by atoms with Crippen molar-refractivity contribution in [3.05, 3.63) is 158 Å². The average molecular weight is 1010 g/mol. The van der Waals surface area contributed by atoms with Gasteiger partial charge < -0.3 is 14.2 Å². The van der Waals surface area contributed by atoms with Crippen molar-refractivity contribution in [3.8, 4) is 0 Å². The third-order valence-corrected chi connectivity index (χ3v) is 11.7. The number of unbranched alkanes of at least 4 members (excludes halogenated alkanes) is 20. The Morgan fingerprint density at radius 1 is 0.301 bits per heavy atom. The minimum absolute atomic E-state index is 0.127. The van der Waals surface area contributed by atoms with Crippen LogP contribution in [0.25, 0.3) is 0 Å². The first-order valence-corrected chi connectivity index (χ1v) is 29.1. The van der Waals surface area contributed by atoms with Crippen molar-refractivity contribution < 1.29 is 28.6 Å². The molecule has 0 amide bonds. The minimum atomic E-state index is -0.830. The maximum atomic E-state index is 12.9. The van der Waals surface area contributed by atoms with Crippen LogP contribution in [0.1, 0.15) is 226 Å². The summed E-state index contributed by atoms with van der Waals surface area (Å²) < 4.78 is 16.8. The zero-order valence-corrected chi connectivity index (χ0v) is 46.6. The first-order valence-electron chi connectivity index (χ1n) is 29.1. The van der Waals surface area contributed by atoms with Gasteiger partial charge in [-0.15, -0.1) is 0 Å². The maximum absolute atomic E-state index is 12.9. The van der Waals surface area contributed by atoms with E-state index >= 15 is 0 Å². The molecule has 0 saturated heterocycles. The van der Waals surface area contributed by atoms with Gasteiger partial charge in [0.1, 0.15) is 13.2 Å². The smallest absolute Gasteiger partial charge is 0.306 e. The van der Waals surface area contributed by atoms with E-state index in [1.54, 1.807) is 0 Å². The number of allylic oxidation sites excluding steroid dienone is 26. The second kappa shape index (κ2) is 59.6. The molecule has 0 saturated carbocycles. The monoisotopic (exact) mass is 1000 g/mol. The van der Waals surface area contributed by atoms with Crippen LogP contribution < -0.4 is 0 Å². The Bertz CT molecular complexity index is 1670. The van der Waals surface area contributed by atoms with Gasteiger partial charge in [-0.2, -0.15) is 0 Å². The molecular formula is C67H104O6. The van der Waals surface area contributed by atoms with Crippen molar-refractivity contribution >= 4 is 17.9 Å². The second-order valence-electron chi connectivity index (χ2n) is 18.7. The Labute approximate surface area is 448 Å². The molecule has 1 unspecified atom stereocenters. The van der Waals surface area contributed by atoms with Gasteiger partial charge in [0, 0.05) is 19.3 Å². The third kappa shape index (κ3) is 57.8. The number of hydrogen-bond acceptors (Lipinski definition) is 6. The minimum Gasteiger partial charge on any atom is -0.462 e. The Kier molecular flexibility index (Phi) is 55.5. The first kappa shape index (κ1) is 68.0. The van der Waals surface area contributed by atoms with Crippen molar-refractivity contribution in [2.24, 2.45) is 0 Å². The van der Waals surface area contributed by atoms with Gasteiger partial charge in [-0.25, -0.2) is 0 Å². The van der Waals surface area contributed by atoms with E-state index < -0.39 is 6.10 Å². The van der Waals surface area contributed by atoms with Crippen molar-refractivity contribution in [2.75, 3.05) is 13.2 Å². The SMILES string of the molecule is CC\C=C/C=C\C=C/C=C\C=C\C=C/C=C\CCCCCC(=O)OCC(COC(=O)CCC/C=C\C/C=C\C/C=C\C/C=C\CCCCC)OC(=O)CCCCCCCCCCCC/C=C\C=C/CCCCC. The number of carbonyl (C=O) groups excluding carboxylic acids is 3. The highest BCUT2D eigenvalue weighted by atomic mass is 16.6.